The first-order chi connectivity index (χ1) is 35.7. The Labute approximate surface area is 429 Å². The number of hydrogen-bond acceptors (Lipinski definition) is 21. The van der Waals surface area contributed by atoms with Crippen LogP contribution in [0.4, 0.5) is 0 Å². The molecule has 3 aliphatic carbocycles. The molecule has 18 N–H and O–H groups in total. The van der Waals surface area contributed by atoms with Crippen molar-refractivity contribution >= 4 is 29.3 Å². The number of ether oxygens (including phenoxy) is 3. The van der Waals surface area contributed by atoms with E-state index in [1.54, 1.807) is 6.08 Å². The van der Waals surface area contributed by atoms with Gasteiger partial charge in [-0.05, 0) is 90.7 Å². The minimum Gasteiger partial charge on any atom is -0.507 e. The van der Waals surface area contributed by atoms with E-state index < -0.39 is 125 Å². The van der Waals surface area contributed by atoms with Crippen LogP contribution in [0.3, 0.4) is 0 Å². The van der Waals surface area contributed by atoms with E-state index in [0.717, 1.165) is 28.7 Å². The number of phenols is 1. The Morgan fingerprint density at radius 3 is 2.35 bits per heavy atom. The van der Waals surface area contributed by atoms with Crippen LogP contribution in [0.2, 0.25) is 0 Å². The first kappa shape index (κ1) is 53.1. The summed E-state index contributed by atoms with van der Waals surface area (Å²) >= 11 is 0. The summed E-state index contributed by atoms with van der Waals surface area (Å²) in [5.41, 5.74) is 15.8. The number of carbonyl (C=O) groups is 4. The van der Waals surface area contributed by atoms with Gasteiger partial charge in [-0.2, -0.15) is 0 Å². The first-order valence-corrected chi connectivity index (χ1v) is 24.5. The summed E-state index contributed by atoms with van der Waals surface area (Å²) < 4.78 is 17.4. The number of dihydropyridines is 2. The molecule has 24 nitrogen and oxygen atoms in total. The molecule has 11 unspecified atom stereocenters. The molecule has 0 radical (unpaired) electrons. The Hall–Kier alpha value is -6.71. The number of aliphatic imine (C=N–C) groups is 1. The summed E-state index contributed by atoms with van der Waals surface area (Å²) in [6.45, 7) is -1.40. The fourth-order valence-electron chi connectivity index (χ4n) is 12.2. The second-order valence-electron chi connectivity index (χ2n) is 19.8. The molecular formula is C51H62N8O16. The number of ketones is 2. The SMILES string of the molecule is CN=C(N)NC1CCC2c3c(c4c(c(O)c31)C(=O)c1c(OC3OC(O)(C(O)O)C(O)(CC(CN5C(=O)C=CC5=O)C5=CCNC(N)=C5)C(O)C3O)cc(OC)c(CO)c1C4=O)CCC(CCO)C2C1=CNC(N)C=C1. The molecule has 402 valence electrons. The van der Waals surface area contributed by atoms with E-state index in [1.165, 1.54) is 20.2 Å². The highest BCUT2D eigenvalue weighted by molar-refractivity contribution is 6.31. The number of benzene rings is 2. The normalized spacial score (nSPS) is 30.6. The van der Waals surface area contributed by atoms with Crippen molar-refractivity contribution in [1.82, 2.24) is 20.9 Å². The molecular weight excluding hydrogens is 981 g/mol. The van der Waals surface area contributed by atoms with E-state index in [1.807, 2.05) is 18.4 Å². The summed E-state index contributed by atoms with van der Waals surface area (Å²) in [5, 5.41) is 113. The molecule has 0 bridgehead atoms. The van der Waals surface area contributed by atoms with Crippen LogP contribution >= 0.6 is 0 Å². The summed E-state index contributed by atoms with van der Waals surface area (Å²) in [6.07, 6.45) is 0.411. The van der Waals surface area contributed by atoms with Crippen LogP contribution in [0, 0.1) is 17.8 Å². The maximum absolute atomic E-state index is 15.6. The monoisotopic (exact) mass is 1040 g/mol. The number of nitrogens with two attached hydrogens (primary N) is 3. The summed E-state index contributed by atoms with van der Waals surface area (Å²) in [4.78, 5) is 61.5. The summed E-state index contributed by atoms with van der Waals surface area (Å²) in [6, 6.07) is 0.303. The van der Waals surface area contributed by atoms with Crippen molar-refractivity contribution in [3.05, 3.63) is 110 Å². The summed E-state index contributed by atoms with van der Waals surface area (Å²) in [5.74, 6) is -10.4. The van der Waals surface area contributed by atoms with Gasteiger partial charge in [-0.25, -0.2) is 0 Å². The number of aliphatic hydroxyl groups is 8. The van der Waals surface area contributed by atoms with Crippen molar-refractivity contribution in [3.63, 3.8) is 0 Å². The van der Waals surface area contributed by atoms with Gasteiger partial charge >= 0.3 is 0 Å². The number of carbonyl (C=O) groups excluding carboxylic acids is 4. The number of rotatable bonds is 14. The molecule has 2 aromatic rings. The molecule has 0 aromatic heterocycles. The topological polar surface area (TPSA) is 408 Å². The Morgan fingerprint density at radius 1 is 1.00 bits per heavy atom. The number of methoxy groups -OCH3 is 1. The lowest BCUT2D eigenvalue weighted by molar-refractivity contribution is -0.456. The molecule has 0 spiro atoms. The zero-order chi connectivity index (χ0) is 54.0. The zero-order valence-corrected chi connectivity index (χ0v) is 41.0. The number of nitrogens with zero attached hydrogens (tertiary/aromatic N) is 2. The van der Waals surface area contributed by atoms with Crippen molar-refractivity contribution in [1.29, 1.82) is 0 Å². The highest BCUT2D eigenvalue weighted by atomic mass is 16.8. The Balaban J connectivity index is 1.16. The van der Waals surface area contributed by atoms with Crippen molar-refractivity contribution in [3.8, 4) is 17.2 Å². The van der Waals surface area contributed by atoms with E-state index in [9.17, 15) is 55.5 Å². The number of imide groups is 1. The Morgan fingerprint density at radius 2 is 1.72 bits per heavy atom. The standard InChI is InChI=1S/C51H62N8O16/c1-55-49(54)58-28-7-6-25-35(23-4-8-31(52)57-18-23)21(12-14-60)3-5-26-36(25)39(28)43(65)41-37(26)42(64)38-27(20-61)29(73-2)16-30(40(38)44(41)66)74-47-45(67)46(68)50(71,51(72,75-47)48(69)70)17-24(22-11-13-56-32(53)15-22)19-59-33(62)9-10-34(59)63/h4,8-11,15-16,18,21,24-25,28,31,35,45-48,56-57,60-61,65,67-72H,3,5-7,12-14,17,19-20,52-53H2,1-2H3,(H3,54,55,58). The quantitative estimate of drug-likeness (QED) is 0.0342. The predicted molar refractivity (Wildman–Crippen MR) is 263 cm³/mol. The van der Waals surface area contributed by atoms with Crippen molar-refractivity contribution in [2.45, 2.75) is 99.4 Å². The van der Waals surface area contributed by atoms with Crippen LogP contribution in [0.15, 0.2) is 70.7 Å². The minimum atomic E-state index is -3.69. The molecule has 24 heteroatoms. The molecule has 9 rings (SSSR count). The van der Waals surface area contributed by atoms with Gasteiger partial charge in [-0.1, -0.05) is 12.2 Å². The van der Waals surface area contributed by atoms with Crippen molar-refractivity contribution < 1.29 is 79.3 Å². The second kappa shape index (κ2) is 20.4. The Bertz CT molecular complexity index is 2880. The van der Waals surface area contributed by atoms with Crippen LogP contribution in [0.25, 0.3) is 0 Å². The third kappa shape index (κ3) is 8.82. The molecule has 11 atom stereocenters. The predicted octanol–water partition coefficient (Wildman–Crippen LogP) is -2.54. The van der Waals surface area contributed by atoms with Gasteiger partial charge < -0.3 is 93.3 Å². The molecule has 1 fully saturated rings. The maximum Gasteiger partial charge on any atom is 0.253 e. The summed E-state index contributed by atoms with van der Waals surface area (Å²) in [7, 11) is 2.66. The minimum absolute atomic E-state index is 0.0227. The van der Waals surface area contributed by atoms with Crippen LogP contribution in [0.5, 0.6) is 17.2 Å². The van der Waals surface area contributed by atoms with Crippen LogP contribution in [-0.4, -0.2) is 156 Å². The van der Waals surface area contributed by atoms with E-state index in [2.05, 4.69) is 20.9 Å². The maximum atomic E-state index is 15.6. The molecule has 2 aromatic carbocycles. The smallest absolute Gasteiger partial charge is 0.253 e. The van der Waals surface area contributed by atoms with Gasteiger partial charge in [0.2, 0.25) is 18.4 Å². The molecule has 2 amide bonds. The van der Waals surface area contributed by atoms with E-state index in [-0.39, 0.29) is 77.1 Å². The second-order valence-corrected chi connectivity index (χ2v) is 19.8. The number of fused-ring (bicyclic) bond motifs is 3. The van der Waals surface area contributed by atoms with E-state index in [4.69, 9.17) is 31.4 Å². The van der Waals surface area contributed by atoms with E-state index >= 15 is 9.59 Å². The third-order valence-electron chi connectivity index (χ3n) is 15.8. The molecule has 1 saturated heterocycles. The van der Waals surface area contributed by atoms with Gasteiger partial charge in [-0.3, -0.25) is 29.1 Å². The van der Waals surface area contributed by atoms with Crippen LogP contribution in [0.1, 0.15) is 98.2 Å². The number of hydrogen-bond donors (Lipinski definition) is 15. The lowest BCUT2D eigenvalue weighted by Gasteiger charge is -2.54. The number of nitrogens with one attached hydrogen (secondary N) is 3. The third-order valence-corrected chi connectivity index (χ3v) is 15.8. The molecule has 4 aliphatic heterocycles. The highest BCUT2D eigenvalue weighted by Crippen LogP contribution is 2.57. The highest BCUT2D eigenvalue weighted by Gasteiger charge is 2.68. The van der Waals surface area contributed by atoms with Crippen LogP contribution in [-0.2, 0) is 27.4 Å². The molecule has 75 heavy (non-hydrogen) atoms. The fourth-order valence-corrected chi connectivity index (χ4v) is 12.2. The first-order valence-electron chi connectivity index (χ1n) is 24.5. The van der Waals surface area contributed by atoms with Gasteiger partial charge in [0.1, 0.15) is 29.5 Å². The fraction of sp³-hybridized carbons (Fsp3) is 0.471. The largest absolute Gasteiger partial charge is 0.507 e. The van der Waals surface area contributed by atoms with Crippen molar-refractivity contribution in [2.24, 2.45) is 39.9 Å². The van der Waals surface area contributed by atoms with Crippen LogP contribution < -0.4 is 42.6 Å². The number of aromatic hydroxyl groups is 1. The molecule has 7 aliphatic rings. The number of amides is 2. The number of phenolic OH excluding ortho intramolecular Hbond substituents is 1. The van der Waals surface area contributed by atoms with Gasteiger partial charge in [0, 0.05) is 79.3 Å². The lowest BCUT2D eigenvalue weighted by Crippen LogP contribution is -2.77. The van der Waals surface area contributed by atoms with Gasteiger partial charge in [0.05, 0.1) is 42.9 Å². The van der Waals surface area contributed by atoms with Gasteiger partial charge in [0.25, 0.3) is 17.6 Å². The number of allylic oxidation sites excluding steroid dienone is 3. The number of guanidine groups is 1. The molecule has 4 heterocycles. The zero-order valence-electron chi connectivity index (χ0n) is 41.0. The average molecular weight is 1040 g/mol. The molecule has 0 saturated carbocycles. The lowest BCUT2D eigenvalue weighted by atomic mass is 9.65. The van der Waals surface area contributed by atoms with E-state index in [0.29, 0.717) is 36.8 Å². The van der Waals surface area contributed by atoms with Gasteiger partial charge in [0.15, 0.2) is 17.3 Å². The average Bonchev–Trinajstić information content (AvgIpc) is 3.62. The number of aliphatic hydroxyl groups excluding tert-OH is 5. The van der Waals surface area contributed by atoms with Gasteiger partial charge in [-0.15, -0.1) is 0 Å². The Kier molecular flexibility index (Phi) is 14.5. The van der Waals surface area contributed by atoms with Crippen molar-refractivity contribution in [2.75, 3.05) is 33.9 Å².